The fourth-order valence-electron chi connectivity index (χ4n) is 5.91. The number of ether oxygens (including phenoxy) is 1. The van der Waals surface area contributed by atoms with Crippen molar-refractivity contribution < 1.29 is 9.53 Å². The van der Waals surface area contributed by atoms with E-state index in [1.165, 1.54) is 0 Å². The van der Waals surface area contributed by atoms with Crippen molar-refractivity contribution >= 4 is 33.9 Å². The molecule has 1 aromatic carbocycles. The molecule has 0 saturated carbocycles. The Morgan fingerprint density at radius 1 is 1.11 bits per heavy atom. The van der Waals surface area contributed by atoms with Gasteiger partial charge in [-0.1, -0.05) is 26.0 Å². The number of hydrogen-bond donors (Lipinski definition) is 1. The summed E-state index contributed by atoms with van der Waals surface area (Å²) >= 11 is 0. The summed E-state index contributed by atoms with van der Waals surface area (Å²) in [6.07, 6.45) is 0.803. The van der Waals surface area contributed by atoms with Crippen molar-refractivity contribution in [1.29, 1.82) is 0 Å². The van der Waals surface area contributed by atoms with Crippen LogP contribution in [0.25, 0.3) is 28.1 Å². The van der Waals surface area contributed by atoms with Gasteiger partial charge in [0.2, 0.25) is 11.9 Å². The average molecular weight is 518 g/mol. The highest BCUT2D eigenvalue weighted by molar-refractivity contribution is 5.86. The first kappa shape index (κ1) is 24.7. The molecular formula is C27H35N9O2. The highest BCUT2D eigenvalue weighted by Crippen LogP contribution is 2.30. The number of anilines is 1. The van der Waals surface area contributed by atoms with Crippen molar-refractivity contribution in [1.82, 2.24) is 34.0 Å². The number of carbonyl (C=O) groups is 1. The average Bonchev–Trinajstić information content (AvgIpc) is 3.37. The SMILES string of the molecule is Cc1nc2ccccc2n1-c1nc(N2CCOCC2)c2nc(CC3CN(C(C(N)=O)C(C)C)C3)n(C)c2n1. The van der Waals surface area contributed by atoms with E-state index in [0.717, 1.165) is 72.3 Å². The zero-order chi connectivity index (χ0) is 26.6. The zero-order valence-electron chi connectivity index (χ0n) is 22.5. The number of carbonyl (C=O) groups excluding carboxylic acids is 1. The minimum atomic E-state index is -0.249. The van der Waals surface area contributed by atoms with Crippen molar-refractivity contribution in [2.75, 3.05) is 44.3 Å². The zero-order valence-corrected chi connectivity index (χ0v) is 22.5. The number of likely N-dealkylation sites (tertiary alicyclic amines) is 1. The summed E-state index contributed by atoms with van der Waals surface area (Å²) in [6.45, 7) is 10.6. The topological polar surface area (TPSA) is 120 Å². The third-order valence-corrected chi connectivity index (χ3v) is 7.79. The summed E-state index contributed by atoms with van der Waals surface area (Å²) in [6, 6.07) is 7.83. The molecule has 0 bridgehead atoms. The Labute approximate surface area is 221 Å². The number of aryl methyl sites for hydroxylation is 2. The number of fused-ring (bicyclic) bond motifs is 2. The van der Waals surface area contributed by atoms with Gasteiger partial charge in [-0.05, 0) is 30.9 Å². The molecule has 2 fully saturated rings. The molecule has 1 atom stereocenters. The second kappa shape index (κ2) is 9.63. The maximum absolute atomic E-state index is 12.0. The van der Waals surface area contributed by atoms with Gasteiger partial charge >= 0.3 is 0 Å². The molecular weight excluding hydrogens is 482 g/mol. The number of hydrogen-bond acceptors (Lipinski definition) is 8. The second-order valence-corrected chi connectivity index (χ2v) is 10.8. The van der Waals surface area contributed by atoms with Gasteiger partial charge in [-0.3, -0.25) is 14.3 Å². The summed E-state index contributed by atoms with van der Waals surface area (Å²) in [5.74, 6) is 3.58. The predicted molar refractivity (Wildman–Crippen MR) is 145 cm³/mol. The Kier molecular flexibility index (Phi) is 6.27. The summed E-state index contributed by atoms with van der Waals surface area (Å²) in [5, 5.41) is 0. The summed E-state index contributed by atoms with van der Waals surface area (Å²) in [4.78, 5) is 36.3. The van der Waals surface area contributed by atoms with Crippen molar-refractivity contribution in [3.05, 3.63) is 35.9 Å². The summed E-state index contributed by atoms with van der Waals surface area (Å²) in [5.41, 5.74) is 9.18. The summed E-state index contributed by atoms with van der Waals surface area (Å²) < 4.78 is 9.73. The molecule has 5 heterocycles. The number of imidazole rings is 2. The number of aromatic nitrogens is 6. The van der Waals surface area contributed by atoms with Crippen LogP contribution in [0.4, 0.5) is 5.82 Å². The summed E-state index contributed by atoms with van der Waals surface area (Å²) in [7, 11) is 2.03. The lowest BCUT2D eigenvalue weighted by Crippen LogP contribution is -2.58. The fraction of sp³-hybridized carbons (Fsp3) is 0.519. The van der Waals surface area contributed by atoms with Gasteiger partial charge in [0.15, 0.2) is 17.0 Å². The highest BCUT2D eigenvalue weighted by atomic mass is 16.5. The monoisotopic (exact) mass is 517 g/mol. The Morgan fingerprint density at radius 2 is 1.84 bits per heavy atom. The van der Waals surface area contributed by atoms with Crippen molar-refractivity contribution in [2.24, 2.45) is 24.6 Å². The third-order valence-electron chi connectivity index (χ3n) is 7.79. The Morgan fingerprint density at radius 3 is 2.55 bits per heavy atom. The standard InChI is InChI=1S/C27H35N9O2/c1-16(2)23(24(28)37)35-14-18(15-35)13-21-30-22-25(33(21)4)31-27(32-26(22)34-9-11-38-12-10-34)36-17(3)29-19-7-5-6-8-20(19)36/h5-8,16,18,23H,9-15H2,1-4H3,(H2,28,37). The quantitative estimate of drug-likeness (QED) is 0.394. The lowest BCUT2D eigenvalue weighted by Gasteiger charge is -2.44. The van der Waals surface area contributed by atoms with Crippen LogP contribution in [0.15, 0.2) is 24.3 Å². The lowest BCUT2D eigenvalue weighted by atomic mass is 9.90. The van der Waals surface area contributed by atoms with Crippen LogP contribution in [-0.4, -0.2) is 85.3 Å². The van der Waals surface area contributed by atoms with Gasteiger partial charge in [-0.25, -0.2) is 9.97 Å². The lowest BCUT2D eigenvalue weighted by molar-refractivity contribution is -0.128. The van der Waals surface area contributed by atoms with Crippen LogP contribution < -0.4 is 10.6 Å². The maximum Gasteiger partial charge on any atom is 0.239 e. The number of rotatable bonds is 7. The van der Waals surface area contributed by atoms with Gasteiger partial charge in [-0.15, -0.1) is 0 Å². The van der Waals surface area contributed by atoms with Crippen molar-refractivity contribution in [2.45, 2.75) is 33.2 Å². The Bertz CT molecular complexity index is 1500. The largest absolute Gasteiger partial charge is 0.378 e. The number of para-hydroxylation sites is 2. The van der Waals surface area contributed by atoms with E-state index in [1.807, 2.05) is 56.7 Å². The molecule has 200 valence electrons. The molecule has 4 aromatic rings. The number of nitrogens with two attached hydrogens (primary N) is 1. The minimum absolute atomic E-state index is 0.191. The van der Waals surface area contributed by atoms with Crippen LogP contribution in [0, 0.1) is 18.8 Å². The molecule has 0 spiro atoms. The van der Waals surface area contributed by atoms with Gasteiger partial charge in [0, 0.05) is 39.6 Å². The van der Waals surface area contributed by atoms with E-state index in [4.69, 9.17) is 30.4 Å². The van der Waals surface area contributed by atoms with E-state index in [-0.39, 0.29) is 17.9 Å². The molecule has 11 nitrogen and oxygen atoms in total. The van der Waals surface area contributed by atoms with Crippen molar-refractivity contribution in [3.63, 3.8) is 0 Å². The molecule has 2 aliphatic rings. The smallest absolute Gasteiger partial charge is 0.239 e. The number of primary amides is 1. The van der Waals surface area contributed by atoms with Gasteiger partial charge in [0.05, 0.1) is 30.3 Å². The van der Waals surface area contributed by atoms with E-state index in [0.29, 0.717) is 25.1 Å². The Hall–Kier alpha value is -3.57. The molecule has 2 N–H and O–H groups in total. The maximum atomic E-state index is 12.0. The van der Waals surface area contributed by atoms with E-state index in [1.54, 1.807) is 0 Å². The molecule has 38 heavy (non-hydrogen) atoms. The van der Waals surface area contributed by atoms with Crippen molar-refractivity contribution in [3.8, 4) is 5.95 Å². The molecule has 1 amide bonds. The highest BCUT2D eigenvalue weighted by Gasteiger charge is 2.37. The Balaban J connectivity index is 1.38. The molecule has 2 saturated heterocycles. The molecule has 1 unspecified atom stereocenters. The van der Waals surface area contributed by atoms with Crippen LogP contribution in [0.2, 0.25) is 0 Å². The molecule has 0 radical (unpaired) electrons. The third kappa shape index (κ3) is 4.19. The van der Waals surface area contributed by atoms with Gasteiger partial charge < -0.3 is 19.9 Å². The molecule has 2 aliphatic heterocycles. The molecule has 3 aromatic heterocycles. The normalized spacial score (nSPS) is 18.0. The van der Waals surface area contributed by atoms with E-state index < -0.39 is 0 Å². The van der Waals surface area contributed by atoms with E-state index in [9.17, 15) is 4.79 Å². The second-order valence-electron chi connectivity index (χ2n) is 10.8. The molecule has 6 rings (SSSR count). The van der Waals surface area contributed by atoms with Crippen LogP contribution in [-0.2, 0) is 23.0 Å². The first-order valence-corrected chi connectivity index (χ1v) is 13.4. The van der Waals surface area contributed by atoms with Crippen LogP contribution in [0.5, 0.6) is 0 Å². The number of nitrogens with zero attached hydrogens (tertiary/aromatic N) is 8. The molecule has 11 heteroatoms. The van der Waals surface area contributed by atoms with Crippen LogP contribution >= 0.6 is 0 Å². The predicted octanol–water partition coefficient (Wildman–Crippen LogP) is 1.83. The van der Waals surface area contributed by atoms with E-state index in [2.05, 4.69) is 14.4 Å². The number of morpholine rings is 1. The first-order chi connectivity index (χ1) is 18.3. The van der Waals surface area contributed by atoms with Crippen LogP contribution in [0.1, 0.15) is 25.5 Å². The fourth-order valence-corrected chi connectivity index (χ4v) is 5.91. The number of amides is 1. The van der Waals surface area contributed by atoms with Gasteiger partial charge in [0.25, 0.3) is 0 Å². The number of benzene rings is 1. The van der Waals surface area contributed by atoms with Gasteiger partial charge in [-0.2, -0.15) is 9.97 Å². The first-order valence-electron chi connectivity index (χ1n) is 13.4. The van der Waals surface area contributed by atoms with Crippen LogP contribution in [0.3, 0.4) is 0 Å². The molecule has 0 aliphatic carbocycles. The van der Waals surface area contributed by atoms with Gasteiger partial charge in [0.1, 0.15) is 11.6 Å². The minimum Gasteiger partial charge on any atom is -0.378 e. The van der Waals surface area contributed by atoms with E-state index >= 15 is 0 Å².